The number of aliphatic carboxylic acids is 1. The highest BCUT2D eigenvalue weighted by Crippen LogP contribution is 2.11. The lowest BCUT2D eigenvalue weighted by Crippen LogP contribution is -2.32. The van der Waals surface area contributed by atoms with Crippen LogP contribution in [0.4, 0.5) is 0 Å². The minimum Gasteiger partial charge on any atom is -0.478 e. The number of halogens is 1. The number of aromatic nitrogens is 3. The molecule has 0 aliphatic heterocycles. The number of aromatic amines is 1. The first kappa shape index (κ1) is 15.5. The van der Waals surface area contributed by atoms with E-state index < -0.39 is 17.6 Å². The van der Waals surface area contributed by atoms with Gasteiger partial charge in [-0.3, -0.25) is 10.2 Å². The van der Waals surface area contributed by atoms with Crippen LogP contribution in [0, 0.1) is 0 Å². The van der Waals surface area contributed by atoms with Crippen molar-refractivity contribution in [2.24, 2.45) is 0 Å². The van der Waals surface area contributed by atoms with E-state index in [0.717, 1.165) is 16.3 Å². The van der Waals surface area contributed by atoms with Gasteiger partial charge in [0, 0.05) is 23.6 Å². The average Bonchev–Trinajstić information content (AvgIpc) is 2.80. The van der Waals surface area contributed by atoms with Gasteiger partial charge in [0.15, 0.2) is 5.82 Å². The molecule has 1 amide bonds. The van der Waals surface area contributed by atoms with E-state index in [4.69, 9.17) is 16.7 Å². The second-order valence-electron chi connectivity index (χ2n) is 4.23. The lowest BCUT2D eigenvalue weighted by Gasteiger charge is -2.05. The number of carboxylic acid groups (broad SMARTS) is 1. The molecule has 0 unspecified atom stereocenters. The van der Waals surface area contributed by atoms with Gasteiger partial charge in [0.25, 0.3) is 5.91 Å². The normalized spacial score (nSPS) is 10.8. The van der Waals surface area contributed by atoms with E-state index in [2.05, 4.69) is 15.6 Å². The molecule has 3 N–H and O–H groups in total. The standard InChI is InChI=1S/C13H11ClN4O4/c14-9-3-1-8(2-4-9)7-10-15-16-13(22)18(10)17-11(19)5-6-12(20)21/h1-6H,7H2,(H,16,22)(H,17,19)(H,20,21)/b6-5-. The molecule has 22 heavy (non-hydrogen) atoms. The highest BCUT2D eigenvalue weighted by molar-refractivity contribution is 6.30. The zero-order chi connectivity index (χ0) is 16.1. The van der Waals surface area contributed by atoms with Gasteiger partial charge >= 0.3 is 11.7 Å². The molecule has 114 valence electrons. The molecule has 0 spiro atoms. The number of H-pyrrole nitrogens is 1. The summed E-state index contributed by atoms with van der Waals surface area (Å²) in [6.45, 7) is 0. The van der Waals surface area contributed by atoms with Crippen LogP contribution in [0.3, 0.4) is 0 Å². The van der Waals surface area contributed by atoms with Crippen LogP contribution in [0.1, 0.15) is 11.4 Å². The lowest BCUT2D eigenvalue weighted by molar-refractivity contribution is -0.131. The van der Waals surface area contributed by atoms with Crippen LogP contribution in [0.2, 0.25) is 5.02 Å². The van der Waals surface area contributed by atoms with Crippen molar-refractivity contribution in [1.29, 1.82) is 0 Å². The SMILES string of the molecule is O=C(O)/C=C\C(=O)Nn1c(Cc2ccc(Cl)cc2)n[nH]c1=O. The van der Waals surface area contributed by atoms with Gasteiger partial charge in [-0.25, -0.2) is 14.7 Å². The summed E-state index contributed by atoms with van der Waals surface area (Å²) in [7, 11) is 0. The molecule has 0 aliphatic carbocycles. The van der Waals surface area contributed by atoms with Crippen molar-refractivity contribution in [2.45, 2.75) is 6.42 Å². The van der Waals surface area contributed by atoms with Gasteiger partial charge < -0.3 is 5.11 Å². The number of carbonyl (C=O) groups is 2. The van der Waals surface area contributed by atoms with E-state index in [1.807, 2.05) is 0 Å². The van der Waals surface area contributed by atoms with Crippen molar-refractivity contribution in [3.05, 3.63) is 63.3 Å². The summed E-state index contributed by atoms with van der Waals surface area (Å²) in [5.41, 5.74) is 2.44. The number of hydrogen-bond acceptors (Lipinski definition) is 4. The second kappa shape index (κ2) is 6.72. The molecular formula is C13H11ClN4O4. The second-order valence-corrected chi connectivity index (χ2v) is 4.67. The third-order valence-corrected chi connectivity index (χ3v) is 2.87. The summed E-state index contributed by atoms with van der Waals surface area (Å²) >= 11 is 5.79. The van der Waals surface area contributed by atoms with Crippen molar-refractivity contribution in [3.63, 3.8) is 0 Å². The monoisotopic (exact) mass is 322 g/mol. The highest BCUT2D eigenvalue weighted by atomic mass is 35.5. The summed E-state index contributed by atoms with van der Waals surface area (Å²) in [6, 6.07) is 6.91. The fourth-order valence-corrected chi connectivity index (χ4v) is 1.77. The molecule has 2 aromatic rings. The number of carbonyl (C=O) groups excluding carboxylic acids is 1. The van der Waals surface area contributed by atoms with E-state index in [9.17, 15) is 14.4 Å². The molecule has 1 aromatic carbocycles. The molecule has 0 fully saturated rings. The van der Waals surface area contributed by atoms with Crippen LogP contribution in [-0.4, -0.2) is 31.9 Å². The third kappa shape index (κ3) is 4.06. The molecule has 2 rings (SSSR count). The first-order chi connectivity index (χ1) is 10.5. The Kier molecular flexibility index (Phi) is 4.74. The number of hydrogen-bond donors (Lipinski definition) is 3. The van der Waals surface area contributed by atoms with Crippen LogP contribution in [-0.2, 0) is 16.0 Å². The Morgan fingerprint density at radius 3 is 2.64 bits per heavy atom. The van der Waals surface area contributed by atoms with Crippen LogP contribution < -0.4 is 11.1 Å². The molecule has 8 nitrogen and oxygen atoms in total. The summed E-state index contributed by atoms with van der Waals surface area (Å²) in [4.78, 5) is 33.5. The minimum absolute atomic E-state index is 0.268. The number of carboxylic acids is 1. The molecule has 1 heterocycles. The zero-order valence-electron chi connectivity index (χ0n) is 11.1. The largest absolute Gasteiger partial charge is 0.478 e. The lowest BCUT2D eigenvalue weighted by atomic mass is 10.1. The van der Waals surface area contributed by atoms with Gasteiger partial charge in [-0.15, -0.1) is 0 Å². The van der Waals surface area contributed by atoms with Crippen molar-refractivity contribution < 1.29 is 14.7 Å². The van der Waals surface area contributed by atoms with Gasteiger partial charge in [-0.1, -0.05) is 23.7 Å². The Morgan fingerprint density at radius 2 is 2.00 bits per heavy atom. The first-order valence-corrected chi connectivity index (χ1v) is 6.46. The van der Waals surface area contributed by atoms with E-state index >= 15 is 0 Å². The Morgan fingerprint density at radius 1 is 1.32 bits per heavy atom. The Bertz CT molecular complexity index is 776. The minimum atomic E-state index is -1.27. The smallest absolute Gasteiger partial charge is 0.362 e. The number of amides is 1. The first-order valence-electron chi connectivity index (χ1n) is 6.08. The summed E-state index contributed by atoms with van der Waals surface area (Å²) in [6.07, 6.45) is 1.74. The van der Waals surface area contributed by atoms with E-state index in [1.165, 1.54) is 0 Å². The molecule has 0 radical (unpaired) electrons. The number of benzene rings is 1. The van der Waals surface area contributed by atoms with Gasteiger partial charge in [0.05, 0.1) is 0 Å². The fraction of sp³-hybridized carbons (Fsp3) is 0.0769. The molecule has 0 saturated carbocycles. The summed E-state index contributed by atoms with van der Waals surface area (Å²) < 4.78 is 0.920. The van der Waals surface area contributed by atoms with Crippen molar-refractivity contribution >= 4 is 23.5 Å². The van der Waals surface area contributed by atoms with Crippen LogP contribution >= 0.6 is 11.6 Å². The molecule has 0 bridgehead atoms. The average molecular weight is 323 g/mol. The van der Waals surface area contributed by atoms with E-state index in [0.29, 0.717) is 11.1 Å². The maximum absolute atomic E-state index is 11.6. The maximum atomic E-state index is 11.6. The van der Waals surface area contributed by atoms with Crippen LogP contribution in [0.5, 0.6) is 0 Å². The Labute approximate surface area is 129 Å². The molecular weight excluding hydrogens is 312 g/mol. The molecule has 9 heteroatoms. The number of rotatable bonds is 5. The Balaban J connectivity index is 2.17. The summed E-state index contributed by atoms with van der Waals surface area (Å²) in [5.74, 6) is -1.76. The predicted octanol–water partition coefficient (Wildman–Crippen LogP) is 0.526. The molecule has 0 atom stereocenters. The van der Waals surface area contributed by atoms with Crippen molar-refractivity contribution in [1.82, 2.24) is 14.9 Å². The maximum Gasteiger partial charge on any atom is 0.362 e. The third-order valence-electron chi connectivity index (χ3n) is 2.62. The number of nitrogens with zero attached hydrogens (tertiary/aromatic N) is 2. The van der Waals surface area contributed by atoms with Gasteiger partial charge in [0.2, 0.25) is 0 Å². The zero-order valence-corrected chi connectivity index (χ0v) is 11.9. The predicted molar refractivity (Wildman–Crippen MR) is 78.2 cm³/mol. The van der Waals surface area contributed by atoms with Crippen LogP contribution in [0.25, 0.3) is 0 Å². The summed E-state index contributed by atoms with van der Waals surface area (Å²) in [5, 5.41) is 15.1. The quantitative estimate of drug-likeness (QED) is 0.694. The van der Waals surface area contributed by atoms with Crippen molar-refractivity contribution in [3.8, 4) is 0 Å². The molecule has 0 saturated heterocycles. The highest BCUT2D eigenvalue weighted by Gasteiger charge is 2.11. The van der Waals surface area contributed by atoms with Crippen molar-refractivity contribution in [2.75, 3.05) is 5.43 Å². The van der Waals surface area contributed by atoms with Gasteiger partial charge in [0.1, 0.15) is 0 Å². The molecule has 0 aliphatic rings. The van der Waals surface area contributed by atoms with Gasteiger partial charge in [-0.05, 0) is 17.7 Å². The number of nitrogens with one attached hydrogen (secondary N) is 2. The molecule has 1 aromatic heterocycles. The van der Waals surface area contributed by atoms with E-state index in [-0.39, 0.29) is 12.2 Å². The Hall–Kier alpha value is -2.87. The van der Waals surface area contributed by atoms with Crippen LogP contribution in [0.15, 0.2) is 41.2 Å². The van der Waals surface area contributed by atoms with E-state index in [1.54, 1.807) is 24.3 Å². The fourth-order valence-electron chi connectivity index (χ4n) is 1.64. The van der Waals surface area contributed by atoms with Gasteiger partial charge in [-0.2, -0.15) is 9.77 Å². The topological polar surface area (TPSA) is 117 Å².